The van der Waals surface area contributed by atoms with Gasteiger partial charge < -0.3 is 4.74 Å². The fraction of sp³-hybridized carbons (Fsp3) is 0.111. The van der Waals surface area contributed by atoms with E-state index in [4.69, 9.17) is 0 Å². The van der Waals surface area contributed by atoms with E-state index in [1.165, 1.54) is 22.4 Å². The quantitative estimate of drug-likeness (QED) is 0.559. The van der Waals surface area contributed by atoms with Gasteiger partial charge in [0.15, 0.2) is 5.65 Å². The second-order valence-electron chi connectivity index (χ2n) is 2.96. The first-order valence-electron chi connectivity index (χ1n) is 4.21. The molecule has 0 bridgehead atoms. The summed E-state index contributed by atoms with van der Waals surface area (Å²) in [5.41, 5.74) is 1.27. The molecule has 0 aliphatic heterocycles. The molecule has 0 unspecified atom stereocenters. The molecule has 2 heterocycles. The van der Waals surface area contributed by atoms with Gasteiger partial charge in [-0.1, -0.05) is 0 Å². The molecule has 2 aromatic heterocycles. The summed E-state index contributed by atoms with van der Waals surface area (Å²) >= 11 is 5.61. The van der Waals surface area contributed by atoms with Crippen LogP contribution in [0.4, 0.5) is 0 Å². The molecule has 0 amide bonds. The Morgan fingerprint density at radius 1 is 1.69 bits per heavy atom. The summed E-state index contributed by atoms with van der Waals surface area (Å²) in [6, 6.07) is 1.77. The number of carbonyl (C=O) groups is 1. The van der Waals surface area contributed by atoms with Crippen LogP contribution >= 0.6 is 46.3 Å². The number of hydrogen-bond donors (Lipinski definition) is 0. The summed E-state index contributed by atoms with van der Waals surface area (Å²) in [5, 5.41) is 0.895. The summed E-state index contributed by atoms with van der Waals surface area (Å²) < 4.78 is 7.48. The van der Waals surface area contributed by atoms with Crippen LogP contribution in [0.3, 0.4) is 0 Å². The molecule has 84 valence electrons. The van der Waals surface area contributed by atoms with Crippen LogP contribution in [-0.2, 0) is 4.74 Å². The summed E-state index contributed by atoms with van der Waals surface area (Å²) in [6.07, 6.45) is 3.43. The summed E-state index contributed by atoms with van der Waals surface area (Å²) in [4.78, 5) is 15.6. The van der Waals surface area contributed by atoms with Crippen molar-refractivity contribution in [3.05, 3.63) is 28.5 Å². The summed E-state index contributed by atoms with van der Waals surface area (Å²) in [5.74, 6) is -0.379. The third kappa shape index (κ3) is 2.07. The van der Waals surface area contributed by atoms with Gasteiger partial charge in [0.1, 0.15) is 0 Å². The lowest BCUT2D eigenvalue weighted by atomic mass is 10.2. The smallest absolute Gasteiger partial charge is 0.339 e. The van der Waals surface area contributed by atoms with E-state index in [0.29, 0.717) is 5.56 Å². The molecule has 16 heavy (non-hydrogen) atoms. The van der Waals surface area contributed by atoms with Crippen molar-refractivity contribution >= 4 is 63.3 Å². The first-order chi connectivity index (χ1) is 7.67. The van der Waals surface area contributed by atoms with Crippen molar-refractivity contribution in [2.45, 2.75) is 0 Å². The Bertz CT molecular complexity index is 558. The van der Waals surface area contributed by atoms with Crippen molar-refractivity contribution in [3.63, 3.8) is 0 Å². The van der Waals surface area contributed by atoms with Crippen molar-refractivity contribution in [3.8, 4) is 0 Å². The van der Waals surface area contributed by atoms with E-state index in [9.17, 15) is 4.79 Å². The predicted molar refractivity (Wildman–Crippen MR) is 75.8 cm³/mol. The minimum absolute atomic E-state index is 0.379. The topological polar surface area (TPSA) is 44.1 Å². The number of halogens is 2. The zero-order chi connectivity index (χ0) is 11.7. The number of methoxy groups -OCH3 is 1. The Labute approximate surface area is 117 Å². The lowest BCUT2D eigenvalue weighted by molar-refractivity contribution is 0.0600. The van der Waals surface area contributed by atoms with E-state index in [-0.39, 0.29) is 5.97 Å². The molecule has 0 saturated carbocycles. The second-order valence-corrected chi connectivity index (χ2v) is 5.53. The van der Waals surface area contributed by atoms with Gasteiger partial charge in [0, 0.05) is 52.6 Å². The molecular formula is C9H6BrIN2O2S. The maximum absolute atomic E-state index is 11.4. The van der Waals surface area contributed by atoms with Gasteiger partial charge in [-0.05, 0) is 22.0 Å². The molecule has 2 aromatic rings. The molecule has 0 atom stereocenters. The van der Waals surface area contributed by atoms with E-state index < -0.39 is 0 Å². The third-order valence-electron chi connectivity index (χ3n) is 2.06. The zero-order valence-corrected chi connectivity index (χ0v) is 12.7. The zero-order valence-electron chi connectivity index (χ0n) is 8.11. The van der Waals surface area contributed by atoms with Crippen LogP contribution in [0.15, 0.2) is 22.9 Å². The Balaban J connectivity index is 2.62. The molecule has 0 aromatic carbocycles. The highest BCUT2D eigenvalue weighted by atomic mass is 127. The number of pyridine rings is 1. The van der Waals surface area contributed by atoms with Crippen LogP contribution < -0.4 is 0 Å². The van der Waals surface area contributed by atoms with Crippen LogP contribution in [0, 0.1) is 0 Å². The first-order valence-corrected chi connectivity index (χ1v) is 8.32. The van der Waals surface area contributed by atoms with Crippen LogP contribution in [-0.4, -0.2) is 22.0 Å². The van der Waals surface area contributed by atoms with Crippen molar-refractivity contribution in [1.82, 2.24) is 8.96 Å². The second kappa shape index (κ2) is 4.92. The SMILES string of the molecule is COC(=O)c1cnc2c(c1)c(Br)cn2SI. The van der Waals surface area contributed by atoms with E-state index >= 15 is 0 Å². The van der Waals surface area contributed by atoms with Crippen molar-refractivity contribution in [2.24, 2.45) is 0 Å². The van der Waals surface area contributed by atoms with Gasteiger partial charge in [-0.2, -0.15) is 0 Å². The van der Waals surface area contributed by atoms with E-state index in [2.05, 4.69) is 46.9 Å². The number of ether oxygens (including phenoxy) is 1. The minimum Gasteiger partial charge on any atom is -0.465 e. The van der Waals surface area contributed by atoms with Gasteiger partial charge in [0.25, 0.3) is 0 Å². The fourth-order valence-corrected chi connectivity index (χ4v) is 3.21. The summed E-state index contributed by atoms with van der Waals surface area (Å²) in [6.45, 7) is 0. The number of esters is 1. The third-order valence-corrected chi connectivity index (χ3v) is 4.39. The van der Waals surface area contributed by atoms with Crippen LogP contribution in [0.25, 0.3) is 11.0 Å². The number of fused-ring (bicyclic) bond motifs is 1. The normalized spacial score (nSPS) is 10.7. The molecule has 0 aliphatic rings. The molecular weight excluding hydrogens is 407 g/mol. The monoisotopic (exact) mass is 412 g/mol. The maximum atomic E-state index is 11.4. The highest BCUT2D eigenvalue weighted by molar-refractivity contribution is 14.2. The van der Waals surface area contributed by atoms with Crippen LogP contribution in [0.5, 0.6) is 0 Å². The number of carbonyl (C=O) groups excluding carboxylic acids is 1. The molecule has 0 fully saturated rings. The standard InChI is InChI=1S/C9H6BrIN2O2S/c1-15-9(14)5-2-6-7(10)4-13(16-11)8(6)12-3-5/h2-4H,1H3. The molecule has 0 aliphatic carbocycles. The largest absolute Gasteiger partial charge is 0.465 e. The van der Waals surface area contributed by atoms with Crippen molar-refractivity contribution < 1.29 is 9.53 Å². The molecule has 0 spiro atoms. The molecule has 0 radical (unpaired) electrons. The predicted octanol–water partition coefficient (Wildman–Crippen LogP) is 3.43. The highest BCUT2D eigenvalue weighted by Crippen LogP contribution is 2.30. The van der Waals surface area contributed by atoms with Gasteiger partial charge in [-0.3, -0.25) is 3.97 Å². The Morgan fingerprint density at radius 3 is 3.06 bits per heavy atom. The number of aromatic nitrogens is 2. The van der Waals surface area contributed by atoms with Gasteiger partial charge in [-0.15, -0.1) is 0 Å². The van der Waals surface area contributed by atoms with E-state index in [0.717, 1.165) is 15.5 Å². The molecule has 0 saturated heterocycles. The van der Waals surface area contributed by atoms with Gasteiger partial charge in [0.05, 0.1) is 12.7 Å². The molecule has 0 N–H and O–H groups in total. The molecule has 7 heteroatoms. The lowest BCUT2D eigenvalue weighted by Crippen LogP contribution is -2.01. The maximum Gasteiger partial charge on any atom is 0.339 e. The van der Waals surface area contributed by atoms with E-state index in [1.54, 1.807) is 6.07 Å². The van der Waals surface area contributed by atoms with Gasteiger partial charge in [0.2, 0.25) is 0 Å². The Kier molecular flexibility index (Phi) is 3.75. The average molecular weight is 413 g/mol. The van der Waals surface area contributed by atoms with Crippen LogP contribution in [0.2, 0.25) is 0 Å². The van der Waals surface area contributed by atoms with Crippen molar-refractivity contribution in [2.75, 3.05) is 7.11 Å². The highest BCUT2D eigenvalue weighted by Gasteiger charge is 2.12. The Hall–Kier alpha value is -0.280. The van der Waals surface area contributed by atoms with Gasteiger partial charge >= 0.3 is 5.97 Å². The van der Waals surface area contributed by atoms with E-state index in [1.807, 2.05) is 10.2 Å². The number of rotatable bonds is 2. The lowest BCUT2D eigenvalue weighted by Gasteiger charge is -2.00. The average Bonchev–Trinajstić information content (AvgIpc) is 2.64. The number of hydrogen-bond acceptors (Lipinski definition) is 4. The molecule has 4 nitrogen and oxygen atoms in total. The number of nitrogens with zero attached hydrogens (tertiary/aromatic N) is 2. The summed E-state index contributed by atoms with van der Waals surface area (Å²) in [7, 11) is 2.87. The van der Waals surface area contributed by atoms with Crippen molar-refractivity contribution in [1.29, 1.82) is 0 Å². The Morgan fingerprint density at radius 2 is 2.44 bits per heavy atom. The van der Waals surface area contributed by atoms with Crippen LogP contribution in [0.1, 0.15) is 10.4 Å². The fourth-order valence-electron chi connectivity index (χ4n) is 1.32. The molecule has 2 rings (SSSR count). The first kappa shape index (κ1) is 12.2. The van der Waals surface area contributed by atoms with Gasteiger partial charge in [-0.25, -0.2) is 9.78 Å². The minimum atomic E-state index is -0.379.